The Labute approximate surface area is 307 Å². The molecule has 10 heteroatoms. The highest BCUT2D eigenvalue weighted by atomic mass is 16.5. The van der Waals surface area contributed by atoms with Crippen LogP contribution in [0.25, 0.3) is 0 Å². The predicted molar refractivity (Wildman–Crippen MR) is 198 cm³/mol. The molecule has 0 N–H and O–H groups in total. The molecule has 0 heterocycles. The van der Waals surface area contributed by atoms with Crippen LogP contribution in [-0.4, -0.2) is 50.3 Å². The molecule has 0 saturated heterocycles. The molecule has 0 bridgehead atoms. The standard InChI is InChI=1S/C42H52O10/c1-3-39(43)49-31-15-11-7-5-9-13-29-47-35-21-17-33(18-22-35)41(45)51-37-23-19-34(20-24-37)42(46)52-38-27-25-36(26-28-38)48-30-14-10-6-8-12-16-32-50-40(44)4-2/h3,17-28H,1,4-16,29-32H2,2H3. The second kappa shape index (κ2) is 24.9. The first-order chi connectivity index (χ1) is 25.4. The van der Waals surface area contributed by atoms with Crippen LogP contribution in [0.3, 0.4) is 0 Å². The number of unbranched alkanes of at least 4 members (excludes halogenated alkanes) is 10. The van der Waals surface area contributed by atoms with Gasteiger partial charge in [-0.25, -0.2) is 14.4 Å². The van der Waals surface area contributed by atoms with Gasteiger partial charge >= 0.3 is 23.9 Å². The van der Waals surface area contributed by atoms with Gasteiger partial charge in [0.1, 0.15) is 23.0 Å². The van der Waals surface area contributed by atoms with Gasteiger partial charge in [-0.3, -0.25) is 4.79 Å². The van der Waals surface area contributed by atoms with Crippen LogP contribution >= 0.6 is 0 Å². The summed E-state index contributed by atoms with van der Waals surface area (Å²) in [6.07, 6.45) is 13.8. The van der Waals surface area contributed by atoms with Crippen molar-refractivity contribution >= 4 is 23.9 Å². The van der Waals surface area contributed by atoms with E-state index in [0.717, 1.165) is 77.0 Å². The van der Waals surface area contributed by atoms with E-state index < -0.39 is 11.9 Å². The molecular formula is C42H52O10. The topological polar surface area (TPSA) is 124 Å². The van der Waals surface area contributed by atoms with Gasteiger partial charge in [0, 0.05) is 12.5 Å². The van der Waals surface area contributed by atoms with Gasteiger partial charge in [0.05, 0.1) is 37.6 Å². The van der Waals surface area contributed by atoms with E-state index >= 15 is 0 Å². The Morgan fingerprint density at radius 1 is 0.481 bits per heavy atom. The summed E-state index contributed by atoms with van der Waals surface area (Å²) in [6, 6.07) is 19.9. The van der Waals surface area contributed by atoms with E-state index in [1.54, 1.807) is 79.7 Å². The van der Waals surface area contributed by atoms with Gasteiger partial charge < -0.3 is 28.4 Å². The molecule has 3 aromatic rings. The maximum absolute atomic E-state index is 12.7. The zero-order valence-electron chi connectivity index (χ0n) is 30.3. The third-order valence-corrected chi connectivity index (χ3v) is 8.00. The van der Waals surface area contributed by atoms with Crippen molar-refractivity contribution in [1.29, 1.82) is 0 Å². The summed E-state index contributed by atoms with van der Waals surface area (Å²) in [5.74, 6) is 0.494. The zero-order valence-corrected chi connectivity index (χ0v) is 30.3. The lowest BCUT2D eigenvalue weighted by Crippen LogP contribution is -2.10. The molecule has 0 aliphatic carbocycles. The number of ether oxygens (including phenoxy) is 6. The molecule has 3 aromatic carbocycles. The highest BCUT2D eigenvalue weighted by Crippen LogP contribution is 2.21. The van der Waals surface area contributed by atoms with Crippen molar-refractivity contribution in [2.75, 3.05) is 26.4 Å². The smallest absolute Gasteiger partial charge is 0.343 e. The number of hydrogen-bond acceptors (Lipinski definition) is 10. The summed E-state index contributed by atoms with van der Waals surface area (Å²) >= 11 is 0. The highest BCUT2D eigenvalue weighted by Gasteiger charge is 2.12. The Bertz CT molecular complexity index is 1500. The fourth-order valence-corrected chi connectivity index (χ4v) is 5.00. The number of rotatable bonds is 26. The lowest BCUT2D eigenvalue weighted by molar-refractivity contribution is -0.143. The molecule has 280 valence electrons. The summed E-state index contributed by atoms with van der Waals surface area (Å²) in [4.78, 5) is 47.5. The fourth-order valence-electron chi connectivity index (χ4n) is 5.00. The fraction of sp³-hybridized carbons (Fsp3) is 0.429. The van der Waals surface area contributed by atoms with Crippen LogP contribution in [0.2, 0.25) is 0 Å². The van der Waals surface area contributed by atoms with Crippen molar-refractivity contribution < 1.29 is 47.6 Å². The Balaban J connectivity index is 1.27. The number of hydrogen-bond donors (Lipinski definition) is 0. The van der Waals surface area contributed by atoms with E-state index in [1.165, 1.54) is 6.08 Å². The van der Waals surface area contributed by atoms with Crippen LogP contribution in [0.4, 0.5) is 0 Å². The molecule has 0 unspecified atom stereocenters. The Hall–Kier alpha value is -5.12. The van der Waals surface area contributed by atoms with Gasteiger partial charge in [0.25, 0.3) is 0 Å². The molecule has 52 heavy (non-hydrogen) atoms. The minimum Gasteiger partial charge on any atom is -0.494 e. The monoisotopic (exact) mass is 716 g/mol. The van der Waals surface area contributed by atoms with Crippen molar-refractivity contribution in [3.63, 3.8) is 0 Å². The Morgan fingerprint density at radius 3 is 1.25 bits per heavy atom. The number of benzene rings is 3. The van der Waals surface area contributed by atoms with Crippen molar-refractivity contribution in [3.05, 3.63) is 96.6 Å². The van der Waals surface area contributed by atoms with Gasteiger partial charge in [0.15, 0.2) is 0 Å². The molecule has 0 atom stereocenters. The van der Waals surface area contributed by atoms with Crippen LogP contribution < -0.4 is 18.9 Å². The number of carbonyl (C=O) groups excluding carboxylic acids is 4. The molecule has 0 aliphatic rings. The van der Waals surface area contributed by atoms with Crippen LogP contribution in [0.5, 0.6) is 23.0 Å². The molecule has 0 aliphatic heterocycles. The molecule has 10 nitrogen and oxygen atoms in total. The first-order valence-electron chi connectivity index (χ1n) is 18.3. The first-order valence-corrected chi connectivity index (χ1v) is 18.3. The number of carbonyl (C=O) groups is 4. The van der Waals surface area contributed by atoms with Gasteiger partial charge in [-0.2, -0.15) is 0 Å². The van der Waals surface area contributed by atoms with Crippen molar-refractivity contribution in [2.24, 2.45) is 0 Å². The second-order valence-corrected chi connectivity index (χ2v) is 12.2. The second-order valence-electron chi connectivity index (χ2n) is 12.2. The van der Waals surface area contributed by atoms with E-state index in [9.17, 15) is 19.2 Å². The lowest BCUT2D eigenvalue weighted by atomic mass is 10.1. The Kier molecular flexibility index (Phi) is 19.8. The summed E-state index contributed by atoms with van der Waals surface area (Å²) in [6.45, 7) is 7.29. The average molecular weight is 717 g/mol. The summed E-state index contributed by atoms with van der Waals surface area (Å²) in [7, 11) is 0. The maximum atomic E-state index is 12.7. The van der Waals surface area contributed by atoms with E-state index in [2.05, 4.69) is 6.58 Å². The molecule has 0 saturated carbocycles. The quantitative estimate of drug-likeness (QED) is 0.0344. The molecular weight excluding hydrogens is 664 g/mol. The minimum atomic E-state index is -0.533. The van der Waals surface area contributed by atoms with E-state index in [-0.39, 0.29) is 11.9 Å². The van der Waals surface area contributed by atoms with Gasteiger partial charge in [-0.15, -0.1) is 0 Å². The third-order valence-electron chi connectivity index (χ3n) is 8.00. The zero-order chi connectivity index (χ0) is 37.2. The Morgan fingerprint density at radius 2 is 0.827 bits per heavy atom. The van der Waals surface area contributed by atoms with Crippen LogP contribution in [0.15, 0.2) is 85.5 Å². The van der Waals surface area contributed by atoms with Crippen LogP contribution in [-0.2, 0) is 19.1 Å². The van der Waals surface area contributed by atoms with Crippen LogP contribution in [0.1, 0.15) is 111 Å². The summed E-state index contributed by atoms with van der Waals surface area (Å²) in [5.41, 5.74) is 0.692. The van der Waals surface area contributed by atoms with Crippen molar-refractivity contribution in [1.82, 2.24) is 0 Å². The summed E-state index contributed by atoms with van der Waals surface area (Å²) in [5, 5.41) is 0. The SMILES string of the molecule is C=CC(=O)OCCCCCCCCOc1ccc(C(=O)Oc2ccc(C(=O)Oc3ccc(OCCCCCCCCOC(=O)CC)cc3)cc2)cc1. The molecule has 3 rings (SSSR count). The van der Waals surface area contributed by atoms with Gasteiger partial charge in [-0.1, -0.05) is 64.9 Å². The van der Waals surface area contributed by atoms with Gasteiger partial charge in [-0.05, 0) is 98.5 Å². The van der Waals surface area contributed by atoms with E-state index in [1.807, 2.05) is 0 Å². The molecule has 0 fully saturated rings. The molecule has 0 radical (unpaired) electrons. The van der Waals surface area contributed by atoms with Gasteiger partial charge in [0.2, 0.25) is 0 Å². The predicted octanol–water partition coefficient (Wildman–Crippen LogP) is 9.25. The van der Waals surface area contributed by atoms with Crippen LogP contribution in [0, 0.1) is 0 Å². The number of esters is 4. The first kappa shape index (κ1) is 41.3. The van der Waals surface area contributed by atoms with Crippen molar-refractivity contribution in [2.45, 2.75) is 90.4 Å². The average Bonchev–Trinajstić information content (AvgIpc) is 3.17. The summed E-state index contributed by atoms with van der Waals surface area (Å²) < 4.78 is 32.6. The lowest BCUT2D eigenvalue weighted by Gasteiger charge is -2.09. The molecule has 0 aromatic heterocycles. The van der Waals surface area contributed by atoms with E-state index in [4.69, 9.17) is 28.4 Å². The molecule has 0 spiro atoms. The van der Waals surface area contributed by atoms with Crippen molar-refractivity contribution in [3.8, 4) is 23.0 Å². The highest BCUT2D eigenvalue weighted by molar-refractivity contribution is 5.92. The third kappa shape index (κ3) is 17.2. The maximum Gasteiger partial charge on any atom is 0.343 e. The minimum absolute atomic E-state index is 0.142. The molecule has 0 amide bonds. The normalized spacial score (nSPS) is 10.6. The largest absolute Gasteiger partial charge is 0.494 e. The van der Waals surface area contributed by atoms with E-state index in [0.29, 0.717) is 67.0 Å².